The van der Waals surface area contributed by atoms with Crippen molar-refractivity contribution in [3.8, 4) is 5.75 Å². The molecule has 0 radical (unpaired) electrons. The number of hydrogen-bond acceptors (Lipinski definition) is 2. The van der Waals surface area contributed by atoms with Crippen LogP contribution in [0.15, 0.2) is 53.0 Å². The van der Waals surface area contributed by atoms with Crippen LogP contribution in [0.1, 0.15) is 24.2 Å². The lowest BCUT2D eigenvalue weighted by Crippen LogP contribution is -1.96. The van der Waals surface area contributed by atoms with Crippen molar-refractivity contribution in [2.24, 2.45) is 0 Å². The van der Waals surface area contributed by atoms with Gasteiger partial charge < -0.3 is 9.84 Å². The van der Waals surface area contributed by atoms with Crippen molar-refractivity contribution < 1.29 is 9.84 Å². The quantitative estimate of drug-likeness (QED) is 0.922. The first kappa shape index (κ1) is 13.1. The number of rotatable bonds is 4. The summed E-state index contributed by atoms with van der Waals surface area (Å²) in [6, 6.07) is 15.5. The zero-order chi connectivity index (χ0) is 13.0. The Morgan fingerprint density at radius 1 is 1.17 bits per heavy atom. The normalized spacial score (nSPS) is 12.2. The molecule has 0 aliphatic rings. The molecule has 0 fully saturated rings. The third-order valence-electron chi connectivity index (χ3n) is 2.66. The van der Waals surface area contributed by atoms with E-state index in [1.807, 2.05) is 48.5 Å². The highest BCUT2D eigenvalue weighted by Crippen LogP contribution is 2.19. The fourth-order valence-corrected chi connectivity index (χ4v) is 2.08. The van der Waals surface area contributed by atoms with Crippen LogP contribution < -0.4 is 4.74 Å². The van der Waals surface area contributed by atoms with Crippen LogP contribution in [0, 0.1) is 0 Å². The maximum Gasteiger partial charge on any atom is 0.119 e. The molecule has 0 heterocycles. The number of hydrogen-bond donors (Lipinski definition) is 1. The molecule has 3 heteroatoms. The number of halogens is 1. The smallest absolute Gasteiger partial charge is 0.119 e. The van der Waals surface area contributed by atoms with Crippen LogP contribution >= 0.6 is 15.9 Å². The molecule has 0 aliphatic heterocycles. The monoisotopic (exact) mass is 306 g/mol. The molecule has 2 aromatic carbocycles. The van der Waals surface area contributed by atoms with Gasteiger partial charge in [0.15, 0.2) is 0 Å². The second-order valence-electron chi connectivity index (χ2n) is 4.16. The van der Waals surface area contributed by atoms with Crippen LogP contribution in [0.2, 0.25) is 0 Å². The number of aliphatic hydroxyl groups is 1. The molecule has 2 aromatic rings. The first-order valence-corrected chi connectivity index (χ1v) is 6.60. The Morgan fingerprint density at radius 3 is 2.50 bits per heavy atom. The summed E-state index contributed by atoms with van der Waals surface area (Å²) in [5.41, 5.74) is 2.01. The summed E-state index contributed by atoms with van der Waals surface area (Å²) < 4.78 is 6.73. The molecule has 2 rings (SSSR count). The standard InChI is InChI=1S/C15H15BrO2/c1-11(17)13-5-7-15(8-6-13)18-10-12-3-2-4-14(16)9-12/h2-9,11,17H,10H2,1H3/t11-/m1/s1. The van der Waals surface area contributed by atoms with Crippen LogP contribution in [0.4, 0.5) is 0 Å². The van der Waals surface area contributed by atoms with Crippen molar-refractivity contribution in [1.82, 2.24) is 0 Å². The van der Waals surface area contributed by atoms with E-state index in [0.29, 0.717) is 6.61 Å². The zero-order valence-electron chi connectivity index (χ0n) is 10.1. The predicted molar refractivity (Wildman–Crippen MR) is 75.5 cm³/mol. The van der Waals surface area contributed by atoms with Gasteiger partial charge in [-0.05, 0) is 42.3 Å². The average Bonchev–Trinajstić information content (AvgIpc) is 2.37. The fourth-order valence-electron chi connectivity index (χ4n) is 1.64. The van der Waals surface area contributed by atoms with Crippen LogP contribution in [-0.4, -0.2) is 5.11 Å². The minimum absolute atomic E-state index is 0.441. The van der Waals surface area contributed by atoms with E-state index < -0.39 is 6.10 Å². The van der Waals surface area contributed by atoms with Gasteiger partial charge in [-0.3, -0.25) is 0 Å². The summed E-state index contributed by atoms with van der Waals surface area (Å²) in [6.45, 7) is 2.28. The van der Waals surface area contributed by atoms with Gasteiger partial charge in [-0.1, -0.05) is 40.2 Å². The molecular weight excluding hydrogens is 292 g/mol. The minimum atomic E-state index is -0.441. The highest BCUT2D eigenvalue weighted by atomic mass is 79.9. The van der Waals surface area contributed by atoms with Crippen LogP contribution in [0.5, 0.6) is 5.75 Å². The summed E-state index contributed by atoms with van der Waals surface area (Å²) in [5, 5.41) is 9.41. The first-order chi connectivity index (χ1) is 8.65. The number of benzene rings is 2. The Hall–Kier alpha value is -1.32. The molecule has 0 saturated heterocycles. The lowest BCUT2D eigenvalue weighted by molar-refractivity contribution is 0.199. The largest absolute Gasteiger partial charge is 0.489 e. The summed E-state index contributed by atoms with van der Waals surface area (Å²) in [5.74, 6) is 0.805. The van der Waals surface area contributed by atoms with Gasteiger partial charge in [-0.25, -0.2) is 0 Å². The highest BCUT2D eigenvalue weighted by Gasteiger charge is 2.01. The Labute approximate surface area is 115 Å². The van der Waals surface area contributed by atoms with Crippen LogP contribution in [0.25, 0.3) is 0 Å². The van der Waals surface area contributed by atoms with E-state index in [2.05, 4.69) is 15.9 Å². The van der Waals surface area contributed by atoms with Crippen molar-refractivity contribution in [3.05, 3.63) is 64.1 Å². The predicted octanol–water partition coefficient (Wildman–Crippen LogP) is 4.08. The van der Waals surface area contributed by atoms with Crippen molar-refractivity contribution >= 4 is 15.9 Å². The van der Waals surface area contributed by atoms with Gasteiger partial charge in [0.25, 0.3) is 0 Å². The molecule has 2 nitrogen and oxygen atoms in total. The molecule has 1 N–H and O–H groups in total. The molecular formula is C15H15BrO2. The molecule has 0 amide bonds. The van der Waals surface area contributed by atoms with Crippen LogP contribution in [-0.2, 0) is 6.61 Å². The van der Waals surface area contributed by atoms with Gasteiger partial charge in [0.1, 0.15) is 12.4 Å². The van der Waals surface area contributed by atoms with E-state index >= 15 is 0 Å². The highest BCUT2D eigenvalue weighted by molar-refractivity contribution is 9.10. The van der Waals surface area contributed by atoms with Crippen molar-refractivity contribution in [2.45, 2.75) is 19.6 Å². The molecule has 18 heavy (non-hydrogen) atoms. The van der Waals surface area contributed by atoms with E-state index in [9.17, 15) is 5.11 Å². The Balaban J connectivity index is 1.98. The molecule has 1 atom stereocenters. The van der Waals surface area contributed by atoms with Gasteiger partial charge >= 0.3 is 0 Å². The third-order valence-corrected chi connectivity index (χ3v) is 3.15. The average molecular weight is 307 g/mol. The maximum absolute atomic E-state index is 9.41. The summed E-state index contributed by atoms with van der Waals surface area (Å²) in [7, 11) is 0. The summed E-state index contributed by atoms with van der Waals surface area (Å²) in [4.78, 5) is 0. The van der Waals surface area contributed by atoms with Crippen molar-refractivity contribution in [1.29, 1.82) is 0 Å². The van der Waals surface area contributed by atoms with Gasteiger partial charge in [0.05, 0.1) is 6.10 Å². The fraction of sp³-hybridized carbons (Fsp3) is 0.200. The number of aliphatic hydroxyl groups excluding tert-OH is 1. The Kier molecular flexibility index (Phi) is 4.39. The molecule has 0 saturated carbocycles. The third kappa shape index (κ3) is 3.59. The van der Waals surface area contributed by atoms with Crippen LogP contribution in [0.3, 0.4) is 0 Å². The Bertz CT molecular complexity index is 506. The lowest BCUT2D eigenvalue weighted by atomic mass is 10.1. The molecule has 0 aliphatic carbocycles. The second kappa shape index (κ2) is 6.03. The van der Waals surface area contributed by atoms with Crippen molar-refractivity contribution in [2.75, 3.05) is 0 Å². The topological polar surface area (TPSA) is 29.5 Å². The zero-order valence-corrected chi connectivity index (χ0v) is 11.7. The van der Waals surface area contributed by atoms with E-state index in [0.717, 1.165) is 21.3 Å². The molecule has 0 aromatic heterocycles. The van der Waals surface area contributed by atoms with Gasteiger partial charge in [-0.2, -0.15) is 0 Å². The summed E-state index contributed by atoms with van der Waals surface area (Å²) >= 11 is 3.43. The van der Waals surface area contributed by atoms with Crippen molar-refractivity contribution in [3.63, 3.8) is 0 Å². The van der Waals surface area contributed by atoms with Gasteiger partial charge in [0.2, 0.25) is 0 Å². The lowest BCUT2D eigenvalue weighted by Gasteiger charge is -2.08. The molecule has 94 valence electrons. The minimum Gasteiger partial charge on any atom is -0.489 e. The molecule has 0 bridgehead atoms. The Morgan fingerprint density at radius 2 is 1.89 bits per heavy atom. The second-order valence-corrected chi connectivity index (χ2v) is 5.08. The molecule has 0 spiro atoms. The maximum atomic E-state index is 9.41. The first-order valence-electron chi connectivity index (χ1n) is 5.80. The molecule has 0 unspecified atom stereocenters. The van der Waals surface area contributed by atoms with E-state index in [1.165, 1.54) is 0 Å². The van der Waals surface area contributed by atoms with E-state index in [1.54, 1.807) is 6.92 Å². The van der Waals surface area contributed by atoms with Gasteiger partial charge in [0, 0.05) is 4.47 Å². The SMILES string of the molecule is C[C@@H](O)c1ccc(OCc2cccc(Br)c2)cc1. The summed E-state index contributed by atoms with van der Waals surface area (Å²) in [6.07, 6.45) is -0.441. The van der Waals surface area contributed by atoms with E-state index in [-0.39, 0.29) is 0 Å². The number of ether oxygens (including phenoxy) is 1. The van der Waals surface area contributed by atoms with E-state index in [4.69, 9.17) is 4.74 Å². The van der Waals surface area contributed by atoms with Gasteiger partial charge in [-0.15, -0.1) is 0 Å².